The van der Waals surface area contributed by atoms with Crippen molar-refractivity contribution >= 4 is 17.5 Å². The number of furan rings is 1. The molecule has 160 valence electrons. The largest absolute Gasteiger partial charge is 0.463 e. The van der Waals surface area contributed by atoms with Gasteiger partial charge in [-0.15, -0.1) is 0 Å². The van der Waals surface area contributed by atoms with Gasteiger partial charge in [-0.25, -0.2) is 0 Å². The molecule has 1 atom stereocenters. The minimum atomic E-state index is -4.44. The molecule has 6 nitrogen and oxygen atoms in total. The second-order valence-corrected chi connectivity index (χ2v) is 7.12. The smallest absolute Gasteiger partial charge is 0.416 e. The molecule has 1 aliphatic heterocycles. The van der Waals surface area contributed by atoms with Gasteiger partial charge in [-0.3, -0.25) is 15.5 Å². The summed E-state index contributed by atoms with van der Waals surface area (Å²) in [5, 5.41) is 0. The summed E-state index contributed by atoms with van der Waals surface area (Å²) in [6, 6.07) is 11.6. The number of alkyl halides is 3. The Morgan fingerprint density at radius 3 is 2.65 bits per heavy atom. The molecule has 3 heterocycles. The van der Waals surface area contributed by atoms with Crippen molar-refractivity contribution in [1.29, 1.82) is 0 Å². The van der Waals surface area contributed by atoms with E-state index in [2.05, 4.69) is 4.99 Å². The minimum Gasteiger partial charge on any atom is -0.463 e. The van der Waals surface area contributed by atoms with E-state index in [-0.39, 0.29) is 12.1 Å². The lowest BCUT2D eigenvalue weighted by molar-refractivity contribution is -0.137. The van der Waals surface area contributed by atoms with E-state index in [4.69, 9.17) is 10.2 Å². The van der Waals surface area contributed by atoms with Crippen LogP contribution < -0.4 is 11.3 Å². The molecule has 0 amide bonds. The zero-order valence-electron chi connectivity index (χ0n) is 16.5. The average Bonchev–Trinajstić information content (AvgIpc) is 3.25. The Morgan fingerprint density at radius 1 is 1.16 bits per heavy atom. The van der Waals surface area contributed by atoms with Gasteiger partial charge in [0, 0.05) is 31.1 Å². The quantitative estimate of drug-likeness (QED) is 0.689. The number of aliphatic imine (C=N–C) groups is 1. The zero-order valence-corrected chi connectivity index (χ0v) is 16.5. The van der Waals surface area contributed by atoms with E-state index < -0.39 is 18.0 Å². The second kappa shape index (κ2) is 7.92. The van der Waals surface area contributed by atoms with Crippen LogP contribution in [0.25, 0.3) is 11.3 Å². The number of aromatic nitrogens is 1. The zero-order chi connectivity index (χ0) is 22.2. The van der Waals surface area contributed by atoms with Crippen LogP contribution in [0.15, 0.2) is 75.2 Å². The minimum absolute atomic E-state index is 0.0198. The Bertz CT molecular complexity index is 1210. The van der Waals surface area contributed by atoms with Crippen LogP contribution in [0.2, 0.25) is 0 Å². The molecule has 9 heteroatoms. The van der Waals surface area contributed by atoms with Crippen molar-refractivity contribution in [3.05, 3.63) is 93.8 Å². The van der Waals surface area contributed by atoms with E-state index in [1.54, 1.807) is 48.6 Å². The fraction of sp³-hybridized carbons (Fsp3) is 0.182. The number of pyridine rings is 1. The maximum atomic E-state index is 13.0. The molecule has 0 saturated heterocycles. The molecule has 0 radical (unpaired) electrons. The van der Waals surface area contributed by atoms with Gasteiger partial charge in [0.25, 0.3) is 5.56 Å². The van der Waals surface area contributed by atoms with Gasteiger partial charge in [0.05, 0.1) is 24.1 Å². The van der Waals surface area contributed by atoms with Crippen molar-refractivity contribution in [2.75, 3.05) is 7.05 Å². The van der Waals surface area contributed by atoms with Gasteiger partial charge in [-0.05, 0) is 41.5 Å². The van der Waals surface area contributed by atoms with Crippen LogP contribution in [0.3, 0.4) is 0 Å². The van der Waals surface area contributed by atoms with E-state index in [0.717, 1.165) is 12.1 Å². The third-order valence-electron chi connectivity index (χ3n) is 5.03. The van der Waals surface area contributed by atoms with Gasteiger partial charge >= 0.3 is 6.18 Å². The van der Waals surface area contributed by atoms with Crippen LogP contribution in [0.4, 0.5) is 13.2 Å². The summed E-state index contributed by atoms with van der Waals surface area (Å²) < 4.78 is 45.7. The van der Waals surface area contributed by atoms with E-state index in [1.165, 1.54) is 23.0 Å². The molecule has 0 fully saturated rings. The van der Waals surface area contributed by atoms with E-state index >= 15 is 0 Å². The van der Waals surface area contributed by atoms with Gasteiger partial charge in [0.2, 0.25) is 0 Å². The van der Waals surface area contributed by atoms with Gasteiger partial charge < -0.3 is 13.9 Å². The van der Waals surface area contributed by atoms with Crippen LogP contribution >= 0.6 is 0 Å². The van der Waals surface area contributed by atoms with Crippen LogP contribution in [0.1, 0.15) is 22.5 Å². The third kappa shape index (κ3) is 4.17. The van der Waals surface area contributed by atoms with Crippen LogP contribution in [0.5, 0.6) is 0 Å². The lowest BCUT2D eigenvalue weighted by Gasteiger charge is -2.30. The summed E-state index contributed by atoms with van der Waals surface area (Å²) in [5.41, 5.74) is 7.21. The Hall–Kier alpha value is -3.59. The molecule has 0 saturated carbocycles. The predicted octanol–water partition coefficient (Wildman–Crippen LogP) is 3.64. The number of hydrogen-bond donors (Lipinski definition) is 1. The third-order valence-corrected chi connectivity index (χ3v) is 5.03. The number of allylic oxidation sites excluding steroid dienone is 1. The van der Waals surface area contributed by atoms with E-state index in [1.807, 2.05) is 0 Å². The van der Waals surface area contributed by atoms with Crippen LogP contribution in [-0.2, 0) is 12.7 Å². The molecule has 4 rings (SSSR count). The highest BCUT2D eigenvalue weighted by atomic mass is 19.4. The van der Waals surface area contributed by atoms with Gasteiger partial charge in [0.15, 0.2) is 12.0 Å². The van der Waals surface area contributed by atoms with Crippen molar-refractivity contribution in [2.24, 2.45) is 10.7 Å². The highest BCUT2D eigenvalue weighted by molar-refractivity contribution is 6.19. The van der Waals surface area contributed by atoms with Crippen LogP contribution in [0, 0.1) is 0 Å². The summed E-state index contributed by atoms with van der Waals surface area (Å²) in [6.07, 6.45) is -0.350. The van der Waals surface area contributed by atoms with Gasteiger partial charge in [0.1, 0.15) is 0 Å². The highest BCUT2D eigenvalue weighted by Crippen LogP contribution is 2.31. The van der Waals surface area contributed by atoms with E-state index in [9.17, 15) is 18.0 Å². The fourth-order valence-corrected chi connectivity index (χ4v) is 3.41. The number of rotatable bonds is 4. The van der Waals surface area contributed by atoms with Gasteiger partial charge in [-0.2, -0.15) is 13.2 Å². The van der Waals surface area contributed by atoms with Crippen molar-refractivity contribution in [2.45, 2.75) is 19.0 Å². The maximum absolute atomic E-state index is 13.0. The molecule has 31 heavy (non-hydrogen) atoms. The number of benzene rings is 1. The molecule has 0 aliphatic carbocycles. The lowest BCUT2D eigenvalue weighted by Crippen LogP contribution is -2.39. The van der Waals surface area contributed by atoms with Crippen molar-refractivity contribution in [3.8, 4) is 0 Å². The Kier molecular flexibility index (Phi) is 5.28. The normalized spacial score (nSPS) is 16.8. The number of hydrogen-bond acceptors (Lipinski definition) is 5. The summed E-state index contributed by atoms with van der Waals surface area (Å²) in [5.74, 6) is 0.576. The first-order valence-corrected chi connectivity index (χ1v) is 9.41. The summed E-state index contributed by atoms with van der Waals surface area (Å²) in [4.78, 5) is 18.7. The molecule has 2 N–H and O–H groups in total. The molecule has 2 aromatic heterocycles. The molecule has 1 aliphatic rings. The first-order valence-electron chi connectivity index (χ1n) is 9.41. The molecular weight excluding hydrogens is 409 g/mol. The summed E-state index contributed by atoms with van der Waals surface area (Å²) in [7, 11) is 1.77. The Morgan fingerprint density at radius 2 is 1.97 bits per heavy atom. The molecule has 0 bridgehead atoms. The number of halogens is 3. The molecule has 1 unspecified atom stereocenters. The topological polar surface area (TPSA) is 76.8 Å². The molecule has 3 aromatic rings. The average molecular weight is 428 g/mol. The number of nitrogens with two attached hydrogens (primary N) is 1. The van der Waals surface area contributed by atoms with Crippen molar-refractivity contribution in [1.82, 2.24) is 9.47 Å². The molecule has 0 spiro atoms. The monoisotopic (exact) mass is 428 g/mol. The predicted molar refractivity (Wildman–Crippen MR) is 111 cm³/mol. The van der Waals surface area contributed by atoms with Crippen molar-refractivity contribution in [3.63, 3.8) is 0 Å². The van der Waals surface area contributed by atoms with E-state index in [0.29, 0.717) is 28.2 Å². The van der Waals surface area contributed by atoms with Crippen LogP contribution in [-0.4, -0.2) is 29.0 Å². The first-order chi connectivity index (χ1) is 14.7. The van der Waals surface area contributed by atoms with Crippen molar-refractivity contribution < 1.29 is 17.6 Å². The number of nitrogens with zero attached hydrogens (tertiary/aromatic N) is 3. The fourth-order valence-electron chi connectivity index (χ4n) is 3.41. The standard InChI is InChI=1S/C22H19F3N4O2/c1-28-20(18-6-3-9-31-18)17(12-27-21(28)26)15-7-8-29(19(30)11-15)13-14-4-2-5-16(10-14)22(23,24)25/h2-12,21H,13,26H2,1H3. The Balaban J connectivity index is 1.69. The summed E-state index contributed by atoms with van der Waals surface area (Å²) in [6.45, 7) is 0.0198. The second-order valence-electron chi connectivity index (χ2n) is 7.12. The molecular formula is C22H19F3N4O2. The molecule has 1 aromatic carbocycles. The first kappa shape index (κ1) is 20.7. The van der Waals surface area contributed by atoms with Gasteiger partial charge in [-0.1, -0.05) is 12.1 Å². The highest BCUT2D eigenvalue weighted by Gasteiger charge is 2.30. The maximum Gasteiger partial charge on any atom is 0.416 e. The SMILES string of the molecule is CN1C(c2ccco2)=C(c2ccn(Cc3cccc(C(F)(F)F)c3)c(=O)c2)C=NC1N. The lowest BCUT2D eigenvalue weighted by atomic mass is 10.0. The summed E-state index contributed by atoms with van der Waals surface area (Å²) >= 11 is 0. The Labute approximate surface area is 175 Å².